The molecule has 1 aliphatic heterocycles. The lowest BCUT2D eigenvalue weighted by molar-refractivity contribution is -0.274. The zero-order valence-electron chi connectivity index (χ0n) is 14.6. The number of nitrogens with two attached hydrogens (primary N) is 1. The summed E-state index contributed by atoms with van der Waals surface area (Å²) in [6.07, 6.45) is -5.25. The molecular formula is C19H18ClF3N2O3. The van der Waals surface area contributed by atoms with E-state index in [4.69, 9.17) is 17.3 Å². The van der Waals surface area contributed by atoms with Crippen LogP contribution in [0.5, 0.6) is 5.75 Å². The van der Waals surface area contributed by atoms with Crippen molar-refractivity contribution in [3.05, 3.63) is 64.7 Å². The van der Waals surface area contributed by atoms with Gasteiger partial charge in [-0.1, -0.05) is 23.7 Å². The largest absolute Gasteiger partial charge is 0.573 e. The molecule has 1 aliphatic rings. The SMILES string of the molecule is NC(c1ccc(OC(F)(F)F)cc1)[C@@H]1C[C@@H](O)CN1C(=O)c1ccc(Cl)cc1. The number of likely N-dealkylation sites (tertiary alicyclic amines) is 1. The first kappa shape index (κ1) is 20.4. The summed E-state index contributed by atoms with van der Waals surface area (Å²) in [7, 11) is 0. The molecule has 2 aromatic carbocycles. The van der Waals surface area contributed by atoms with Gasteiger partial charge < -0.3 is 20.5 Å². The first-order chi connectivity index (χ1) is 13.1. The van der Waals surface area contributed by atoms with Crippen LogP contribution in [0.25, 0.3) is 0 Å². The molecule has 0 bridgehead atoms. The van der Waals surface area contributed by atoms with Crippen LogP contribution < -0.4 is 10.5 Å². The average molecular weight is 415 g/mol. The quantitative estimate of drug-likeness (QED) is 0.802. The number of rotatable bonds is 4. The Labute approximate surface area is 164 Å². The molecule has 3 N–H and O–H groups in total. The fourth-order valence-corrected chi connectivity index (χ4v) is 3.42. The molecule has 1 amide bonds. The second-order valence-corrected chi connectivity index (χ2v) is 7.00. The first-order valence-electron chi connectivity index (χ1n) is 8.50. The van der Waals surface area contributed by atoms with E-state index in [1.165, 1.54) is 29.2 Å². The lowest BCUT2D eigenvalue weighted by atomic mass is 9.97. The summed E-state index contributed by atoms with van der Waals surface area (Å²) in [5.41, 5.74) is 7.22. The van der Waals surface area contributed by atoms with E-state index in [9.17, 15) is 23.1 Å². The van der Waals surface area contributed by atoms with Crippen molar-refractivity contribution in [1.29, 1.82) is 0 Å². The zero-order valence-corrected chi connectivity index (χ0v) is 15.3. The lowest BCUT2D eigenvalue weighted by Crippen LogP contribution is -2.42. The minimum absolute atomic E-state index is 0.120. The second-order valence-electron chi connectivity index (χ2n) is 6.56. The maximum absolute atomic E-state index is 12.8. The van der Waals surface area contributed by atoms with Crippen molar-refractivity contribution in [3.63, 3.8) is 0 Å². The first-order valence-corrected chi connectivity index (χ1v) is 8.88. The number of β-amino-alcohol motifs (C(OH)–C–C–N with tert-alkyl or cyclic N) is 1. The van der Waals surface area contributed by atoms with Gasteiger partial charge in [-0.3, -0.25) is 4.79 Å². The van der Waals surface area contributed by atoms with Gasteiger partial charge >= 0.3 is 6.36 Å². The van der Waals surface area contributed by atoms with Crippen LogP contribution in [0.15, 0.2) is 48.5 Å². The van der Waals surface area contributed by atoms with Gasteiger partial charge in [-0.05, 0) is 48.4 Å². The number of hydrogen-bond donors (Lipinski definition) is 2. The van der Waals surface area contributed by atoms with Crippen molar-refractivity contribution >= 4 is 17.5 Å². The molecule has 0 aliphatic carbocycles. The highest BCUT2D eigenvalue weighted by molar-refractivity contribution is 6.30. The van der Waals surface area contributed by atoms with Crippen molar-refractivity contribution < 1.29 is 27.8 Å². The van der Waals surface area contributed by atoms with E-state index in [2.05, 4.69) is 4.74 Å². The molecule has 1 saturated heterocycles. The van der Waals surface area contributed by atoms with Gasteiger partial charge in [0.15, 0.2) is 0 Å². The predicted octanol–water partition coefficient (Wildman–Crippen LogP) is 3.51. The van der Waals surface area contributed by atoms with Gasteiger partial charge in [-0.15, -0.1) is 13.2 Å². The van der Waals surface area contributed by atoms with E-state index < -0.39 is 24.6 Å². The predicted molar refractivity (Wildman–Crippen MR) is 97.0 cm³/mol. The van der Waals surface area contributed by atoms with E-state index in [0.29, 0.717) is 16.1 Å². The highest BCUT2D eigenvalue weighted by Crippen LogP contribution is 2.31. The number of amides is 1. The topological polar surface area (TPSA) is 75.8 Å². The van der Waals surface area contributed by atoms with Crippen LogP contribution in [0.4, 0.5) is 13.2 Å². The van der Waals surface area contributed by atoms with Crippen LogP contribution in [0.2, 0.25) is 5.02 Å². The van der Waals surface area contributed by atoms with Gasteiger partial charge in [0, 0.05) is 17.1 Å². The number of alkyl halides is 3. The molecule has 0 aromatic heterocycles. The molecule has 1 heterocycles. The van der Waals surface area contributed by atoms with E-state index >= 15 is 0 Å². The normalized spacial score (nSPS) is 20.9. The van der Waals surface area contributed by atoms with Gasteiger partial charge in [0.2, 0.25) is 0 Å². The number of nitrogens with zero attached hydrogens (tertiary/aromatic N) is 1. The molecule has 0 spiro atoms. The summed E-state index contributed by atoms with van der Waals surface area (Å²) in [6.45, 7) is 0.120. The fraction of sp³-hybridized carbons (Fsp3) is 0.316. The molecule has 3 atom stereocenters. The Balaban J connectivity index is 1.78. The molecule has 1 fully saturated rings. The van der Waals surface area contributed by atoms with Crippen LogP contribution >= 0.6 is 11.6 Å². The summed E-state index contributed by atoms with van der Waals surface area (Å²) < 4.78 is 40.7. The zero-order chi connectivity index (χ0) is 20.5. The van der Waals surface area contributed by atoms with Crippen LogP contribution in [0.3, 0.4) is 0 Å². The Bertz CT molecular complexity index is 828. The molecule has 28 heavy (non-hydrogen) atoms. The van der Waals surface area contributed by atoms with E-state index in [1.807, 2.05) is 0 Å². The van der Waals surface area contributed by atoms with Gasteiger partial charge in [0.05, 0.1) is 18.2 Å². The van der Waals surface area contributed by atoms with Crippen LogP contribution in [-0.4, -0.2) is 41.0 Å². The summed E-state index contributed by atoms with van der Waals surface area (Å²) in [6, 6.07) is 10.3. The Morgan fingerprint density at radius 1 is 1.18 bits per heavy atom. The maximum Gasteiger partial charge on any atom is 0.573 e. The van der Waals surface area contributed by atoms with Gasteiger partial charge in [0.1, 0.15) is 5.75 Å². The standard InChI is InChI=1S/C19H18ClF3N2O3/c20-13-5-1-12(2-6-13)18(27)25-10-14(26)9-16(25)17(24)11-3-7-15(8-4-11)28-19(21,22)23/h1-8,14,16-17,26H,9-10,24H2/t14-,16+,17?/m1/s1. The summed E-state index contributed by atoms with van der Waals surface area (Å²) in [5.74, 6) is -0.658. The summed E-state index contributed by atoms with van der Waals surface area (Å²) in [4.78, 5) is 14.3. The fourth-order valence-electron chi connectivity index (χ4n) is 3.29. The smallest absolute Gasteiger partial charge is 0.406 e. The van der Waals surface area contributed by atoms with Crippen molar-refractivity contribution in [2.75, 3.05) is 6.54 Å². The van der Waals surface area contributed by atoms with E-state index in [1.54, 1.807) is 24.3 Å². The second kappa shape index (κ2) is 7.98. The summed E-state index contributed by atoms with van der Waals surface area (Å²) >= 11 is 5.85. The molecule has 0 radical (unpaired) electrons. The average Bonchev–Trinajstić information content (AvgIpc) is 3.02. The lowest BCUT2D eigenvalue weighted by Gasteiger charge is -2.29. The number of aliphatic hydroxyl groups is 1. The molecule has 150 valence electrons. The number of ether oxygens (including phenoxy) is 1. The summed E-state index contributed by atoms with van der Waals surface area (Å²) in [5, 5.41) is 10.6. The molecule has 5 nitrogen and oxygen atoms in total. The Kier molecular flexibility index (Phi) is 5.83. The highest BCUT2D eigenvalue weighted by atomic mass is 35.5. The molecule has 2 aromatic rings. The van der Waals surface area contributed by atoms with Crippen molar-refractivity contribution in [3.8, 4) is 5.75 Å². The highest BCUT2D eigenvalue weighted by Gasteiger charge is 2.39. The molecule has 0 saturated carbocycles. The molecule has 3 rings (SSSR count). The van der Waals surface area contributed by atoms with Crippen LogP contribution in [-0.2, 0) is 0 Å². The van der Waals surface area contributed by atoms with Gasteiger partial charge in [0.25, 0.3) is 5.91 Å². The minimum Gasteiger partial charge on any atom is -0.406 e. The van der Waals surface area contributed by atoms with Crippen LogP contribution in [0, 0.1) is 0 Å². The number of benzene rings is 2. The van der Waals surface area contributed by atoms with E-state index in [-0.39, 0.29) is 24.6 Å². The number of aliphatic hydroxyl groups excluding tert-OH is 1. The Hall–Kier alpha value is -2.29. The number of halogens is 4. The van der Waals surface area contributed by atoms with Crippen molar-refractivity contribution in [2.45, 2.75) is 31.0 Å². The third-order valence-electron chi connectivity index (χ3n) is 4.59. The molecule has 9 heteroatoms. The Morgan fingerprint density at radius 2 is 1.79 bits per heavy atom. The van der Waals surface area contributed by atoms with Gasteiger partial charge in [-0.2, -0.15) is 0 Å². The Morgan fingerprint density at radius 3 is 2.36 bits per heavy atom. The van der Waals surface area contributed by atoms with Crippen LogP contribution in [0.1, 0.15) is 28.4 Å². The van der Waals surface area contributed by atoms with Crippen molar-refractivity contribution in [1.82, 2.24) is 4.90 Å². The number of carbonyl (C=O) groups is 1. The van der Waals surface area contributed by atoms with Gasteiger partial charge in [-0.25, -0.2) is 0 Å². The number of carbonyl (C=O) groups excluding carboxylic acids is 1. The third kappa shape index (κ3) is 4.76. The number of hydrogen-bond acceptors (Lipinski definition) is 4. The molecule has 1 unspecified atom stereocenters. The van der Waals surface area contributed by atoms with E-state index in [0.717, 1.165) is 0 Å². The molecular weight excluding hydrogens is 397 g/mol. The monoisotopic (exact) mass is 414 g/mol. The third-order valence-corrected chi connectivity index (χ3v) is 4.84. The minimum atomic E-state index is -4.78. The maximum atomic E-state index is 12.8. The van der Waals surface area contributed by atoms with Crippen molar-refractivity contribution in [2.24, 2.45) is 5.73 Å².